The summed E-state index contributed by atoms with van der Waals surface area (Å²) in [6.07, 6.45) is 2.77. The Morgan fingerprint density at radius 3 is 3.09 bits per heavy atom. The van der Waals surface area contributed by atoms with Gasteiger partial charge >= 0.3 is 0 Å². The molecule has 2 heterocycles. The number of hydrogen-bond donors (Lipinski definition) is 0. The van der Waals surface area contributed by atoms with E-state index in [1.807, 2.05) is 0 Å². The summed E-state index contributed by atoms with van der Waals surface area (Å²) in [6, 6.07) is 1.41. The molecule has 3 nitrogen and oxygen atoms in total. The first kappa shape index (κ1) is 6.27. The van der Waals surface area contributed by atoms with Crippen molar-refractivity contribution in [3.63, 3.8) is 0 Å². The van der Waals surface area contributed by atoms with E-state index in [1.54, 1.807) is 17.9 Å². The quantitative estimate of drug-likeness (QED) is 0.564. The fraction of sp³-hybridized carbons (Fsp3) is 0.143. The van der Waals surface area contributed by atoms with Gasteiger partial charge in [0.05, 0.1) is 18.0 Å². The Labute approximate surface area is 62.5 Å². The highest BCUT2D eigenvalue weighted by Gasteiger charge is 2.00. The summed E-state index contributed by atoms with van der Waals surface area (Å²) in [5, 5.41) is 0. The van der Waals surface area contributed by atoms with Crippen molar-refractivity contribution in [1.29, 1.82) is 0 Å². The van der Waals surface area contributed by atoms with Crippen LogP contribution in [0.3, 0.4) is 0 Å². The van der Waals surface area contributed by atoms with Crippen molar-refractivity contribution in [3.05, 3.63) is 24.4 Å². The summed E-state index contributed by atoms with van der Waals surface area (Å²) in [6.45, 7) is 0. The number of pyridine rings is 1. The zero-order chi connectivity index (χ0) is 7.84. The molecule has 0 unspecified atom stereocenters. The number of halogens is 1. The van der Waals surface area contributed by atoms with Gasteiger partial charge in [-0.25, -0.2) is 14.4 Å². The van der Waals surface area contributed by atoms with Gasteiger partial charge in [0.25, 0.3) is 0 Å². The molecule has 0 spiro atoms. The average Bonchev–Trinajstić information content (AvgIpc) is 2.33. The van der Waals surface area contributed by atoms with E-state index in [0.29, 0.717) is 11.2 Å². The van der Waals surface area contributed by atoms with Crippen molar-refractivity contribution in [2.45, 2.75) is 0 Å². The lowest BCUT2D eigenvalue weighted by Crippen LogP contribution is -1.85. The Morgan fingerprint density at radius 2 is 2.27 bits per heavy atom. The maximum absolute atomic E-state index is 12.6. The van der Waals surface area contributed by atoms with E-state index < -0.39 is 0 Å². The van der Waals surface area contributed by atoms with Gasteiger partial charge in [0.15, 0.2) is 5.65 Å². The van der Waals surface area contributed by atoms with E-state index >= 15 is 0 Å². The average molecular weight is 151 g/mol. The molecule has 0 fully saturated rings. The molecule has 0 aromatic carbocycles. The first-order valence-electron chi connectivity index (χ1n) is 3.20. The van der Waals surface area contributed by atoms with Crippen molar-refractivity contribution in [3.8, 4) is 0 Å². The molecule has 2 aromatic rings. The van der Waals surface area contributed by atoms with E-state index in [1.165, 1.54) is 6.07 Å². The van der Waals surface area contributed by atoms with Gasteiger partial charge in [-0.15, -0.1) is 0 Å². The Morgan fingerprint density at radius 1 is 1.45 bits per heavy atom. The third-order valence-electron chi connectivity index (χ3n) is 1.55. The Hall–Kier alpha value is -1.45. The standard InChI is InChI=1S/C7H6FN3/c1-11-4-10-7-6(11)2-5(8)3-9-7/h2-4H,1H3. The van der Waals surface area contributed by atoms with E-state index in [-0.39, 0.29) is 5.82 Å². The summed E-state index contributed by atoms with van der Waals surface area (Å²) in [4.78, 5) is 7.74. The summed E-state index contributed by atoms with van der Waals surface area (Å²) in [5.74, 6) is -0.332. The van der Waals surface area contributed by atoms with Gasteiger partial charge in [0, 0.05) is 13.1 Å². The van der Waals surface area contributed by atoms with Crippen LogP contribution < -0.4 is 0 Å². The van der Waals surface area contributed by atoms with Crippen molar-refractivity contribution < 1.29 is 4.39 Å². The second-order valence-corrected chi connectivity index (χ2v) is 2.35. The second-order valence-electron chi connectivity index (χ2n) is 2.35. The molecule has 0 aliphatic carbocycles. The lowest BCUT2D eigenvalue weighted by Gasteiger charge is -1.91. The summed E-state index contributed by atoms with van der Waals surface area (Å²) >= 11 is 0. The summed E-state index contributed by atoms with van der Waals surface area (Å²) < 4.78 is 14.3. The summed E-state index contributed by atoms with van der Waals surface area (Å²) in [7, 11) is 1.80. The van der Waals surface area contributed by atoms with Crippen LogP contribution in [0, 0.1) is 5.82 Å². The highest BCUT2D eigenvalue weighted by atomic mass is 19.1. The van der Waals surface area contributed by atoms with Gasteiger partial charge in [-0.2, -0.15) is 0 Å². The predicted octanol–water partition coefficient (Wildman–Crippen LogP) is 1.11. The van der Waals surface area contributed by atoms with Crippen LogP contribution in [0.4, 0.5) is 4.39 Å². The van der Waals surface area contributed by atoms with Crippen LogP contribution in [0.15, 0.2) is 18.6 Å². The number of imidazole rings is 1. The Balaban J connectivity index is 2.87. The molecule has 2 rings (SSSR count). The van der Waals surface area contributed by atoms with Crippen LogP contribution in [0.1, 0.15) is 0 Å². The smallest absolute Gasteiger partial charge is 0.177 e. The minimum atomic E-state index is -0.332. The predicted molar refractivity (Wildman–Crippen MR) is 38.5 cm³/mol. The van der Waals surface area contributed by atoms with Crippen LogP contribution in [-0.4, -0.2) is 14.5 Å². The molecule has 0 amide bonds. The van der Waals surface area contributed by atoms with E-state index in [4.69, 9.17) is 0 Å². The lowest BCUT2D eigenvalue weighted by molar-refractivity contribution is 0.623. The van der Waals surface area contributed by atoms with Crippen molar-refractivity contribution >= 4 is 11.2 Å². The maximum Gasteiger partial charge on any atom is 0.177 e. The highest BCUT2D eigenvalue weighted by Crippen LogP contribution is 2.08. The van der Waals surface area contributed by atoms with Gasteiger partial charge in [0.2, 0.25) is 0 Å². The van der Waals surface area contributed by atoms with Crippen molar-refractivity contribution in [2.75, 3.05) is 0 Å². The number of fused-ring (bicyclic) bond motifs is 1. The van der Waals surface area contributed by atoms with E-state index in [2.05, 4.69) is 9.97 Å². The topological polar surface area (TPSA) is 30.7 Å². The fourth-order valence-electron chi connectivity index (χ4n) is 0.984. The second kappa shape index (κ2) is 2.02. The third kappa shape index (κ3) is 0.869. The highest BCUT2D eigenvalue weighted by molar-refractivity contribution is 5.70. The first-order valence-corrected chi connectivity index (χ1v) is 3.20. The molecule has 0 saturated carbocycles. The van der Waals surface area contributed by atoms with Crippen molar-refractivity contribution in [2.24, 2.45) is 7.05 Å². The molecule has 11 heavy (non-hydrogen) atoms. The number of hydrogen-bond acceptors (Lipinski definition) is 2. The molecule has 0 radical (unpaired) electrons. The Kier molecular flexibility index (Phi) is 1.15. The minimum absolute atomic E-state index is 0.332. The number of rotatable bonds is 0. The third-order valence-corrected chi connectivity index (χ3v) is 1.55. The van der Waals surface area contributed by atoms with E-state index in [9.17, 15) is 4.39 Å². The zero-order valence-electron chi connectivity index (χ0n) is 5.95. The monoisotopic (exact) mass is 151 g/mol. The van der Waals surface area contributed by atoms with E-state index in [0.717, 1.165) is 6.20 Å². The molecular formula is C7H6FN3. The van der Waals surface area contributed by atoms with Crippen LogP contribution in [0.25, 0.3) is 11.2 Å². The Bertz CT molecular complexity index is 393. The molecular weight excluding hydrogens is 145 g/mol. The molecule has 4 heteroatoms. The van der Waals surface area contributed by atoms with Gasteiger partial charge in [0.1, 0.15) is 5.82 Å². The number of aryl methyl sites for hydroxylation is 1. The van der Waals surface area contributed by atoms with Gasteiger partial charge < -0.3 is 4.57 Å². The van der Waals surface area contributed by atoms with Gasteiger partial charge in [-0.05, 0) is 0 Å². The SMILES string of the molecule is Cn1cnc2ncc(F)cc21. The fourth-order valence-corrected chi connectivity index (χ4v) is 0.984. The summed E-state index contributed by atoms with van der Waals surface area (Å²) in [5.41, 5.74) is 1.29. The van der Waals surface area contributed by atoms with Crippen LogP contribution >= 0.6 is 0 Å². The zero-order valence-corrected chi connectivity index (χ0v) is 5.95. The van der Waals surface area contributed by atoms with Gasteiger partial charge in [-0.3, -0.25) is 0 Å². The number of nitrogens with zero attached hydrogens (tertiary/aromatic N) is 3. The first-order chi connectivity index (χ1) is 5.27. The molecule has 0 bridgehead atoms. The van der Waals surface area contributed by atoms with Crippen LogP contribution in [0.2, 0.25) is 0 Å². The molecule has 0 saturated heterocycles. The van der Waals surface area contributed by atoms with Crippen LogP contribution in [0.5, 0.6) is 0 Å². The van der Waals surface area contributed by atoms with Crippen molar-refractivity contribution in [1.82, 2.24) is 14.5 Å². The molecule has 0 N–H and O–H groups in total. The lowest BCUT2D eigenvalue weighted by atomic mass is 10.4. The molecule has 2 aromatic heterocycles. The maximum atomic E-state index is 12.6. The molecule has 56 valence electrons. The number of aromatic nitrogens is 3. The minimum Gasteiger partial charge on any atom is -0.332 e. The molecule has 0 aliphatic heterocycles. The normalized spacial score (nSPS) is 10.7. The molecule has 0 aliphatic rings. The van der Waals surface area contributed by atoms with Crippen LogP contribution in [-0.2, 0) is 7.05 Å². The van der Waals surface area contributed by atoms with Gasteiger partial charge in [-0.1, -0.05) is 0 Å². The largest absolute Gasteiger partial charge is 0.332 e. The molecule has 0 atom stereocenters.